The van der Waals surface area contributed by atoms with Crippen molar-refractivity contribution in [2.45, 2.75) is 26.2 Å². The van der Waals surface area contributed by atoms with Gasteiger partial charge in [-0.3, -0.25) is 0 Å². The average Bonchev–Trinajstić information content (AvgIpc) is 2.48. The molecule has 0 fully saturated rings. The summed E-state index contributed by atoms with van der Waals surface area (Å²) in [5.74, 6) is 0. The molecule has 1 nitrogen and oxygen atoms in total. The summed E-state index contributed by atoms with van der Waals surface area (Å²) in [4.78, 5) is 0. The second-order valence-electron chi connectivity index (χ2n) is 2.77. The Bertz CT molecular complexity index is 209. The molecular formula is C10H13O-. The molecule has 0 spiro atoms. The van der Waals surface area contributed by atoms with Crippen molar-refractivity contribution >= 4 is 0 Å². The van der Waals surface area contributed by atoms with Crippen LogP contribution in [0, 0.1) is 0 Å². The molecule has 60 valence electrons. The quantitative estimate of drug-likeness (QED) is 0.562. The summed E-state index contributed by atoms with van der Waals surface area (Å²) < 4.78 is 0. The van der Waals surface area contributed by atoms with Gasteiger partial charge < -0.3 is 5.11 Å². The lowest BCUT2D eigenvalue weighted by molar-refractivity contribution is -0.275. The van der Waals surface area contributed by atoms with Crippen molar-refractivity contribution in [1.82, 2.24) is 0 Å². The van der Waals surface area contributed by atoms with Gasteiger partial charge in [-0.1, -0.05) is 31.6 Å². The van der Waals surface area contributed by atoms with E-state index in [1.807, 2.05) is 18.2 Å². The summed E-state index contributed by atoms with van der Waals surface area (Å²) in [5, 5.41) is 10.3. The van der Waals surface area contributed by atoms with Crippen molar-refractivity contribution in [1.29, 1.82) is 0 Å². The molecule has 0 bridgehead atoms. The molecule has 1 aliphatic carbocycles. The van der Waals surface area contributed by atoms with Crippen LogP contribution in [0.15, 0.2) is 35.6 Å². The van der Waals surface area contributed by atoms with Crippen molar-refractivity contribution in [3.05, 3.63) is 35.6 Å². The highest BCUT2D eigenvalue weighted by molar-refractivity contribution is 5.44. The first-order valence-electron chi connectivity index (χ1n) is 4.07. The lowest BCUT2D eigenvalue weighted by Gasteiger charge is -1.95. The normalized spacial score (nSPS) is 19.4. The number of allylic oxidation sites excluding steroid dienone is 5. The van der Waals surface area contributed by atoms with Crippen LogP contribution in [-0.4, -0.2) is 0 Å². The van der Waals surface area contributed by atoms with Crippen LogP contribution >= 0.6 is 0 Å². The maximum atomic E-state index is 10.3. The minimum Gasteiger partial charge on any atom is -0.877 e. The number of unbranched alkanes of at least 4 members (excludes halogenated alkanes) is 1. The second kappa shape index (κ2) is 4.02. The van der Waals surface area contributed by atoms with Crippen LogP contribution in [-0.2, 0) is 0 Å². The second-order valence-corrected chi connectivity index (χ2v) is 2.77. The zero-order valence-electron chi connectivity index (χ0n) is 6.84. The van der Waals surface area contributed by atoms with E-state index in [4.69, 9.17) is 0 Å². The molecular weight excluding hydrogens is 136 g/mol. The lowest BCUT2D eigenvalue weighted by atomic mass is 10.1. The monoisotopic (exact) mass is 149 g/mol. The van der Waals surface area contributed by atoms with E-state index in [2.05, 4.69) is 6.92 Å². The van der Waals surface area contributed by atoms with E-state index in [0.29, 0.717) is 0 Å². The molecule has 0 N–H and O–H groups in total. The Labute approximate surface area is 67.7 Å². The fraction of sp³-hybridized carbons (Fsp3) is 0.400. The van der Waals surface area contributed by atoms with Crippen LogP contribution in [0.5, 0.6) is 0 Å². The first-order valence-corrected chi connectivity index (χ1v) is 4.07. The first kappa shape index (κ1) is 8.12. The van der Waals surface area contributed by atoms with Gasteiger partial charge in [-0.15, -0.1) is 6.26 Å². The van der Waals surface area contributed by atoms with Gasteiger partial charge in [0.05, 0.1) is 0 Å². The van der Waals surface area contributed by atoms with Crippen molar-refractivity contribution in [3.63, 3.8) is 0 Å². The Morgan fingerprint density at radius 2 is 2.27 bits per heavy atom. The molecule has 0 aliphatic heterocycles. The minimum absolute atomic E-state index is 0.802. The van der Waals surface area contributed by atoms with Gasteiger partial charge in [0.1, 0.15) is 0 Å². The van der Waals surface area contributed by atoms with E-state index >= 15 is 0 Å². The van der Waals surface area contributed by atoms with Gasteiger partial charge in [-0.2, -0.15) is 0 Å². The van der Waals surface area contributed by atoms with Crippen LogP contribution in [0.1, 0.15) is 26.2 Å². The van der Waals surface area contributed by atoms with Gasteiger partial charge in [0, 0.05) is 0 Å². The molecule has 1 aliphatic rings. The number of rotatable bonds is 3. The number of hydrogen-bond acceptors (Lipinski definition) is 1. The van der Waals surface area contributed by atoms with Crippen molar-refractivity contribution in [3.8, 4) is 0 Å². The van der Waals surface area contributed by atoms with Gasteiger partial charge in [0.2, 0.25) is 0 Å². The fourth-order valence-electron chi connectivity index (χ4n) is 1.12. The summed E-state index contributed by atoms with van der Waals surface area (Å²) in [7, 11) is 0. The molecule has 0 aromatic heterocycles. The smallest absolute Gasteiger partial charge is 0.0279 e. The lowest BCUT2D eigenvalue weighted by Crippen LogP contribution is -1.87. The first-order chi connectivity index (χ1) is 5.36. The fourth-order valence-corrected chi connectivity index (χ4v) is 1.12. The summed E-state index contributed by atoms with van der Waals surface area (Å²) >= 11 is 0. The minimum atomic E-state index is 0.802. The molecule has 1 rings (SSSR count). The zero-order valence-corrected chi connectivity index (χ0v) is 6.84. The molecule has 1 heteroatoms. The van der Waals surface area contributed by atoms with Crippen molar-refractivity contribution in [2.24, 2.45) is 0 Å². The third-order valence-electron chi connectivity index (χ3n) is 1.80. The third kappa shape index (κ3) is 2.26. The molecule has 0 aromatic carbocycles. The highest BCUT2D eigenvalue weighted by atomic mass is 16.2. The summed E-state index contributed by atoms with van der Waals surface area (Å²) in [6, 6.07) is 0. The Morgan fingerprint density at radius 3 is 2.82 bits per heavy atom. The molecule has 0 amide bonds. The highest BCUT2D eigenvalue weighted by Gasteiger charge is 1.98. The van der Waals surface area contributed by atoms with Gasteiger partial charge in [0.25, 0.3) is 0 Å². The highest BCUT2D eigenvalue weighted by Crippen LogP contribution is 2.18. The molecule has 0 radical (unpaired) electrons. The zero-order chi connectivity index (χ0) is 8.10. The van der Waals surface area contributed by atoms with E-state index in [9.17, 15) is 5.11 Å². The van der Waals surface area contributed by atoms with E-state index in [-0.39, 0.29) is 0 Å². The van der Waals surface area contributed by atoms with Gasteiger partial charge in [0.15, 0.2) is 0 Å². The number of hydrogen-bond donors (Lipinski definition) is 0. The van der Waals surface area contributed by atoms with Crippen LogP contribution in [0.3, 0.4) is 0 Å². The van der Waals surface area contributed by atoms with Crippen LogP contribution < -0.4 is 5.11 Å². The molecule has 11 heavy (non-hydrogen) atoms. The largest absolute Gasteiger partial charge is 0.877 e. The standard InChI is InChI=1S/C10H14O/c1-2-3-4-9-5-6-10(7-9)8-11/h5-8,11H,2-4H2,1H3/p-1/b10-8-. The predicted molar refractivity (Wildman–Crippen MR) is 44.8 cm³/mol. The average molecular weight is 149 g/mol. The Balaban J connectivity index is 2.44. The topological polar surface area (TPSA) is 23.1 Å². The van der Waals surface area contributed by atoms with Crippen LogP contribution in [0.4, 0.5) is 0 Å². The van der Waals surface area contributed by atoms with Crippen LogP contribution in [0.2, 0.25) is 0 Å². The Hall–Kier alpha value is -0.980. The van der Waals surface area contributed by atoms with E-state index < -0.39 is 0 Å². The SMILES string of the molecule is CCCCC1=C/C(=C\[O-])C=C1. The molecule has 0 aromatic rings. The summed E-state index contributed by atoms with van der Waals surface area (Å²) in [6.45, 7) is 2.17. The van der Waals surface area contributed by atoms with Crippen LogP contribution in [0.25, 0.3) is 0 Å². The Kier molecular flexibility index (Phi) is 2.96. The predicted octanol–water partition coefficient (Wildman–Crippen LogP) is 1.92. The molecule has 0 heterocycles. The van der Waals surface area contributed by atoms with Gasteiger partial charge in [-0.05, 0) is 24.0 Å². The van der Waals surface area contributed by atoms with Crippen molar-refractivity contribution in [2.75, 3.05) is 0 Å². The molecule has 0 unspecified atom stereocenters. The maximum absolute atomic E-state index is 10.3. The van der Waals surface area contributed by atoms with Gasteiger partial charge >= 0.3 is 0 Å². The maximum Gasteiger partial charge on any atom is -0.0279 e. The third-order valence-corrected chi connectivity index (χ3v) is 1.80. The summed E-state index contributed by atoms with van der Waals surface area (Å²) in [5.41, 5.74) is 2.09. The van der Waals surface area contributed by atoms with E-state index in [0.717, 1.165) is 18.3 Å². The van der Waals surface area contributed by atoms with Crippen molar-refractivity contribution < 1.29 is 5.11 Å². The molecule has 0 atom stereocenters. The van der Waals surface area contributed by atoms with Gasteiger partial charge in [-0.25, -0.2) is 0 Å². The molecule has 0 saturated heterocycles. The van der Waals surface area contributed by atoms with E-state index in [1.54, 1.807) is 0 Å². The summed E-state index contributed by atoms with van der Waals surface area (Å²) in [6.07, 6.45) is 10.3. The van der Waals surface area contributed by atoms with E-state index in [1.165, 1.54) is 18.4 Å². The molecule has 0 saturated carbocycles. The Morgan fingerprint density at radius 1 is 1.45 bits per heavy atom.